The van der Waals surface area contributed by atoms with Crippen molar-refractivity contribution in [3.05, 3.63) is 29.8 Å². The van der Waals surface area contributed by atoms with Crippen LogP contribution in [0, 0.1) is 11.8 Å². The molecule has 1 aliphatic heterocycles. The highest BCUT2D eigenvalue weighted by molar-refractivity contribution is 5.74. The van der Waals surface area contributed by atoms with E-state index in [1.165, 1.54) is 6.42 Å². The van der Waals surface area contributed by atoms with Crippen molar-refractivity contribution in [2.45, 2.75) is 33.7 Å². The predicted molar refractivity (Wildman–Crippen MR) is 84.4 cm³/mol. The number of carbonyl (C=O) groups excluding carboxylic acids is 1. The van der Waals surface area contributed by atoms with E-state index in [0.29, 0.717) is 25.0 Å². The average Bonchev–Trinajstić information content (AvgIpc) is 2.45. The van der Waals surface area contributed by atoms with Crippen LogP contribution in [0.15, 0.2) is 24.3 Å². The summed E-state index contributed by atoms with van der Waals surface area (Å²) in [6.07, 6.45) is 1.21. The first-order chi connectivity index (χ1) is 10.1. The fourth-order valence-electron chi connectivity index (χ4n) is 2.99. The van der Waals surface area contributed by atoms with Gasteiger partial charge in [0.15, 0.2) is 0 Å². The van der Waals surface area contributed by atoms with Crippen molar-refractivity contribution in [3.63, 3.8) is 0 Å². The molecular weight excluding hydrogens is 264 g/mol. The molecule has 0 saturated carbocycles. The third kappa shape index (κ3) is 4.66. The molecule has 1 N–H and O–H groups in total. The van der Waals surface area contributed by atoms with Crippen molar-refractivity contribution in [2.24, 2.45) is 11.8 Å². The van der Waals surface area contributed by atoms with Gasteiger partial charge in [0, 0.05) is 19.6 Å². The molecule has 1 aromatic carbocycles. The molecule has 0 spiro atoms. The van der Waals surface area contributed by atoms with E-state index in [1.807, 2.05) is 36.1 Å². The lowest BCUT2D eigenvalue weighted by Gasteiger charge is -2.34. The van der Waals surface area contributed by atoms with Gasteiger partial charge in [0.1, 0.15) is 5.75 Å². The Bertz CT molecular complexity index is 448. The van der Waals surface area contributed by atoms with Gasteiger partial charge in [0.05, 0.1) is 6.61 Å². The molecule has 0 radical (unpaired) electrons. The normalized spacial score (nSPS) is 22.0. The molecule has 1 saturated heterocycles. The van der Waals surface area contributed by atoms with E-state index in [2.05, 4.69) is 19.2 Å². The van der Waals surface area contributed by atoms with Gasteiger partial charge in [0.2, 0.25) is 0 Å². The molecule has 2 unspecified atom stereocenters. The van der Waals surface area contributed by atoms with E-state index >= 15 is 0 Å². The molecule has 116 valence electrons. The van der Waals surface area contributed by atoms with Crippen LogP contribution < -0.4 is 10.1 Å². The lowest BCUT2D eigenvalue weighted by atomic mass is 9.92. The molecule has 2 amide bonds. The van der Waals surface area contributed by atoms with Crippen LogP contribution in [0.3, 0.4) is 0 Å². The molecule has 1 fully saturated rings. The molecule has 0 aliphatic carbocycles. The van der Waals surface area contributed by atoms with Gasteiger partial charge in [-0.05, 0) is 42.9 Å². The first kappa shape index (κ1) is 15.7. The number of rotatable bonds is 4. The Morgan fingerprint density at radius 1 is 1.24 bits per heavy atom. The number of likely N-dealkylation sites (tertiary alicyclic amines) is 1. The number of nitrogens with zero attached hydrogens (tertiary/aromatic N) is 1. The Kier molecular flexibility index (Phi) is 5.48. The summed E-state index contributed by atoms with van der Waals surface area (Å²) in [4.78, 5) is 14.2. The van der Waals surface area contributed by atoms with Gasteiger partial charge in [-0.2, -0.15) is 0 Å². The monoisotopic (exact) mass is 290 g/mol. The number of amides is 2. The molecule has 1 aliphatic rings. The minimum atomic E-state index is 0.0438. The molecule has 0 bridgehead atoms. The summed E-state index contributed by atoms with van der Waals surface area (Å²) in [6, 6.07) is 7.91. The van der Waals surface area contributed by atoms with Gasteiger partial charge in [0.25, 0.3) is 0 Å². The van der Waals surface area contributed by atoms with Gasteiger partial charge >= 0.3 is 6.03 Å². The molecule has 0 aromatic heterocycles. The van der Waals surface area contributed by atoms with Crippen LogP contribution in [0.25, 0.3) is 0 Å². The molecule has 1 heterocycles. The SMILES string of the molecule is CCOc1ccc(CNC(=O)N2CC(C)CC(C)C2)cc1. The zero-order chi connectivity index (χ0) is 15.2. The second-order valence-electron chi connectivity index (χ2n) is 6.09. The van der Waals surface area contributed by atoms with Crippen molar-refractivity contribution in [1.82, 2.24) is 10.2 Å². The number of benzene rings is 1. The van der Waals surface area contributed by atoms with E-state index < -0.39 is 0 Å². The predicted octanol–water partition coefficient (Wildman–Crippen LogP) is 3.27. The summed E-state index contributed by atoms with van der Waals surface area (Å²) in [5.74, 6) is 2.04. The van der Waals surface area contributed by atoms with Gasteiger partial charge in [-0.3, -0.25) is 0 Å². The van der Waals surface area contributed by atoms with E-state index in [1.54, 1.807) is 0 Å². The van der Waals surface area contributed by atoms with Crippen LogP contribution in [0.4, 0.5) is 4.79 Å². The van der Waals surface area contributed by atoms with Gasteiger partial charge in [-0.25, -0.2) is 4.79 Å². The fourth-order valence-corrected chi connectivity index (χ4v) is 2.99. The molecule has 4 heteroatoms. The van der Waals surface area contributed by atoms with Crippen LogP contribution in [0.2, 0.25) is 0 Å². The highest BCUT2D eigenvalue weighted by Crippen LogP contribution is 2.20. The second kappa shape index (κ2) is 7.34. The molecule has 21 heavy (non-hydrogen) atoms. The van der Waals surface area contributed by atoms with Crippen LogP contribution >= 0.6 is 0 Å². The number of urea groups is 1. The maximum atomic E-state index is 12.2. The largest absolute Gasteiger partial charge is 0.494 e. The number of carbonyl (C=O) groups is 1. The summed E-state index contributed by atoms with van der Waals surface area (Å²) in [6.45, 7) is 9.34. The Morgan fingerprint density at radius 3 is 2.43 bits per heavy atom. The minimum Gasteiger partial charge on any atom is -0.494 e. The quantitative estimate of drug-likeness (QED) is 0.924. The Hall–Kier alpha value is -1.71. The lowest BCUT2D eigenvalue weighted by molar-refractivity contribution is 0.146. The second-order valence-corrected chi connectivity index (χ2v) is 6.09. The minimum absolute atomic E-state index is 0.0438. The highest BCUT2D eigenvalue weighted by atomic mass is 16.5. The summed E-state index contributed by atoms with van der Waals surface area (Å²) < 4.78 is 5.41. The Balaban J connectivity index is 1.83. The van der Waals surface area contributed by atoms with E-state index in [9.17, 15) is 4.79 Å². The maximum absolute atomic E-state index is 12.2. The van der Waals surface area contributed by atoms with Crippen LogP contribution in [0.1, 0.15) is 32.8 Å². The van der Waals surface area contributed by atoms with Crippen LogP contribution in [-0.4, -0.2) is 30.6 Å². The molecular formula is C17H26N2O2. The maximum Gasteiger partial charge on any atom is 0.317 e. The smallest absolute Gasteiger partial charge is 0.317 e. The van der Waals surface area contributed by atoms with Crippen molar-refractivity contribution < 1.29 is 9.53 Å². The molecule has 1 aromatic rings. The Labute approximate surface area is 127 Å². The van der Waals surface area contributed by atoms with E-state index in [4.69, 9.17) is 4.74 Å². The molecule has 2 atom stereocenters. The highest BCUT2D eigenvalue weighted by Gasteiger charge is 2.24. The molecule has 2 rings (SSSR count). The van der Waals surface area contributed by atoms with Crippen LogP contribution in [0.5, 0.6) is 5.75 Å². The first-order valence-corrected chi connectivity index (χ1v) is 7.83. The van der Waals surface area contributed by atoms with Crippen molar-refractivity contribution in [1.29, 1.82) is 0 Å². The van der Waals surface area contributed by atoms with E-state index in [0.717, 1.165) is 24.4 Å². The van der Waals surface area contributed by atoms with Crippen molar-refractivity contribution in [3.8, 4) is 5.75 Å². The fraction of sp³-hybridized carbons (Fsp3) is 0.588. The summed E-state index contributed by atoms with van der Waals surface area (Å²) in [7, 11) is 0. The average molecular weight is 290 g/mol. The number of piperidine rings is 1. The first-order valence-electron chi connectivity index (χ1n) is 7.83. The molecule has 4 nitrogen and oxygen atoms in total. The van der Waals surface area contributed by atoms with Gasteiger partial charge in [-0.1, -0.05) is 26.0 Å². The van der Waals surface area contributed by atoms with Gasteiger partial charge < -0.3 is 15.0 Å². The van der Waals surface area contributed by atoms with Gasteiger partial charge in [-0.15, -0.1) is 0 Å². The number of hydrogen-bond acceptors (Lipinski definition) is 2. The summed E-state index contributed by atoms with van der Waals surface area (Å²) in [5.41, 5.74) is 1.09. The van der Waals surface area contributed by atoms with Crippen molar-refractivity contribution in [2.75, 3.05) is 19.7 Å². The topological polar surface area (TPSA) is 41.6 Å². The van der Waals surface area contributed by atoms with Crippen LogP contribution in [-0.2, 0) is 6.54 Å². The zero-order valence-corrected chi connectivity index (χ0v) is 13.3. The third-order valence-corrected chi connectivity index (χ3v) is 3.83. The standard InChI is InChI=1S/C17H26N2O2/c1-4-21-16-7-5-15(6-8-16)10-18-17(20)19-11-13(2)9-14(3)12-19/h5-8,13-14H,4,9-12H2,1-3H3,(H,18,20). The number of hydrogen-bond donors (Lipinski definition) is 1. The van der Waals surface area contributed by atoms with Crippen molar-refractivity contribution >= 4 is 6.03 Å². The summed E-state index contributed by atoms with van der Waals surface area (Å²) in [5, 5.41) is 3.01. The Morgan fingerprint density at radius 2 is 1.86 bits per heavy atom. The lowest BCUT2D eigenvalue weighted by Crippen LogP contribution is -2.47. The third-order valence-electron chi connectivity index (χ3n) is 3.83. The zero-order valence-electron chi connectivity index (χ0n) is 13.3. The number of nitrogens with one attached hydrogen (secondary N) is 1. The van der Waals surface area contributed by atoms with E-state index in [-0.39, 0.29) is 6.03 Å². The summed E-state index contributed by atoms with van der Waals surface area (Å²) >= 11 is 0. The number of ether oxygens (including phenoxy) is 1.